The zero-order valence-corrected chi connectivity index (χ0v) is 8.69. The lowest BCUT2D eigenvalue weighted by Crippen LogP contribution is -2.23. The van der Waals surface area contributed by atoms with Crippen LogP contribution in [0, 0.1) is 0 Å². The minimum absolute atomic E-state index is 0.230. The normalized spacial score (nSPS) is 30.5. The van der Waals surface area contributed by atoms with Crippen molar-refractivity contribution in [3.63, 3.8) is 0 Å². The highest BCUT2D eigenvalue weighted by Crippen LogP contribution is 2.22. The smallest absolute Gasteiger partial charge is 0.167 e. The zero-order chi connectivity index (χ0) is 10.3. The monoisotopic (exact) mass is 208 g/mol. The number of nitrogens with one attached hydrogen (secondary N) is 1. The van der Waals surface area contributed by atoms with Crippen LogP contribution >= 0.6 is 0 Å². The van der Waals surface area contributed by atoms with E-state index in [4.69, 9.17) is 0 Å². The molecule has 0 saturated carbocycles. The number of hydrogen-bond donors (Lipinski definition) is 2. The molecule has 1 fully saturated rings. The van der Waals surface area contributed by atoms with Crippen molar-refractivity contribution >= 4 is 0 Å². The number of nitrogens with zero attached hydrogens (tertiary/aromatic N) is 3. The van der Waals surface area contributed by atoms with Gasteiger partial charge in [0.05, 0.1) is 12.1 Å². The van der Waals surface area contributed by atoms with Gasteiger partial charge in [0, 0.05) is 13.0 Å². The van der Waals surface area contributed by atoms with E-state index in [1.165, 1.54) is 6.42 Å². The highest BCUT2D eigenvalue weighted by Gasteiger charge is 2.25. The van der Waals surface area contributed by atoms with Gasteiger partial charge in [-0.05, 0) is 25.8 Å². The second kappa shape index (κ2) is 3.57. The fourth-order valence-electron chi connectivity index (χ4n) is 2.36. The summed E-state index contributed by atoms with van der Waals surface area (Å²) in [7, 11) is 0. The van der Waals surface area contributed by atoms with Crippen LogP contribution in [0.4, 0.5) is 0 Å². The summed E-state index contributed by atoms with van der Waals surface area (Å²) in [5, 5.41) is 17.4. The maximum atomic E-state index is 9.53. The first kappa shape index (κ1) is 9.30. The minimum Gasteiger partial charge on any atom is -0.393 e. The zero-order valence-electron chi connectivity index (χ0n) is 8.69. The Morgan fingerprint density at radius 2 is 2.33 bits per heavy atom. The topological polar surface area (TPSA) is 63.0 Å². The summed E-state index contributed by atoms with van der Waals surface area (Å²) in [4.78, 5) is 4.51. The Labute approximate surface area is 88.5 Å². The molecule has 2 unspecified atom stereocenters. The summed E-state index contributed by atoms with van der Waals surface area (Å²) in [6, 6.07) is 0.334. The van der Waals surface area contributed by atoms with Crippen molar-refractivity contribution in [2.45, 2.75) is 44.4 Å². The Hall–Kier alpha value is -0.940. The van der Waals surface area contributed by atoms with Crippen molar-refractivity contribution < 1.29 is 5.11 Å². The van der Waals surface area contributed by atoms with E-state index < -0.39 is 0 Å². The molecular formula is C10H16N4O. The van der Waals surface area contributed by atoms with E-state index in [-0.39, 0.29) is 6.10 Å². The summed E-state index contributed by atoms with van der Waals surface area (Å²) in [6.45, 7) is 1.87. The predicted molar refractivity (Wildman–Crippen MR) is 54.3 cm³/mol. The molecular weight excluding hydrogens is 192 g/mol. The van der Waals surface area contributed by atoms with Gasteiger partial charge in [-0.1, -0.05) is 0 Å². The molecule has 2 aliphatic rings. The maximum Gasteiger partial charge on any atom is 0.167 e. The second-order valence-electron chi connectivity index (χ2n) is 4.40. The van der Waals surface area contributed by atoms with Gasteiger partial charge in [-0.2, -0.15) is 5.10 Å². The highest BCUT2D eigenvalue weighted by atomic mass is 16.3. The van der Waals surface area contributed by atoms with Gasteiger partial charge < -0.3 is 10.4 Å². The first-order valence-corrected chi connectivity index (χ1v) is 5.68. The molecule has 2 aliphatic heterocycles. The Morgan fingerprint density at radius 3 is 3.13 bits per heavy atom. The van der Waals surface area contributed by atoms with Gasteiger partial charge in [0.15, 0.2) is 5.82 Å². The Bertz CT molecular complexity index is 356. The molecule has 2 atom stereocenters. The standard InChI is InChI=1S/C10H16N4O/c15-7-3-5-14-9(6-7)12-10(13-14)8-2-1-4-11-8/h7-8,11,15H,1-6H2. The summed E-state index contributed by atoms with van der Waals surface area (Å²) < 4.78 is 1.95. The number of aryl methyl sites for hydroxylation is 1. The van der Waals surface area contributed by atoms with Gasteiger partial charge >= 0.3 is 0 Å². The second-order valence-corrected chi connectivity index (χ2v) is 4.40. The van der Waals surface area contributed by atoms with Crippen LogP contribution in [0.15, 0.2) is 0 Å². The molecule has 1 saturated heterocycles. The molecule has 0 spiro atoms. The fourth-order valence-corrected chi connectivity index (χ4v) is 2.36. The van der Waals surface area contributed by atoms with E-state index in [0.29, 0.717) is 12.5 Å². The predicted octanol–water partition coefficient (Wildman–Crippen LogP) is 0.00970. The molecule has 0 radical (unpaired) electrons. The number of aliphatic hydroxyl groups is 1. The van der Waals surface area contributed by atoms with Crippen molar-refractivity contribution in [3.8, 4) is 0 Å². The van der Waals surface area contributed by atoms with E-state index in [1.54, 1.807) is 0 Å². The molecule has 1 aromatic rings. The average molecular weight is 208 g/mol. The molecule has 82 valence electrons. The molecule has 15 heavy (non-hydrogen) atoms. The quantitative estimate of drug-likeness (QED) is 0.682. The fraction of sp³-hybridized carbons (Fsp3) is 0.800. The molecule has 0 aliphatic carbocycles. The highest BCUT2D eigenvalue weighted by molar-refractivity contribution is 5.03. The molecule has 0 bridgehead atoms. The van der Waals surface area contributed by atoms with E-state index in [1.807, 2.05) is 4.68 Å². The van der Waals surface area contributed by atoms with E-state index in [2.05, 4.69) is 15.4 Å². The SMILES string of the molecule is OC1CCn2nc(C3CCCN3)nc2C1. The van der Waals surface area contributed by atoms with Crippen LogP contribution in [0.5, 0.6) is 0 Å². The van der Waals surface area contributed by atoms with Crippen LogP contribution in [0.1, 0.15) is 37.0 Å². The van der Waals surface area contributed by atoms with Gasteiger partial charge in [0.25, 0.3) is 0 Å². The van der Waals surface area contributed by atoms with Gasteiger partial charge in [-0.15, -0.1) is 0 Å². The third-order valence-corrected chi connectivity index (χ3v) is 3.23. The van der Waals surface area contributed by atoms with Crippen LogP contribution in [-0.2, 0) is 13.0 Å². The third-order valence-electron chi connectivity index (χ3n) is 3.23. The lowest BCUT2D eigenvalue weighted by atomic mass is 10.1. The Balaban J connectivity index is 1.85. The lowest BCUT2D eigenvalue weighted by Gasteiger charge is -2.16. The van der Waals surface area contributed by atoms with Crippen molar-refractivity contribution in [1.82, 2.24) is 20.1 Å². The van der Waals surface area contributed by atoms with Crippen molar-refractivity contribution in [3.05, 3.63) is 11.6 Å². The maximum absolute atomic E-state index is 9.53. The minimum atomic E-state index is -0.230. The molecule has 0 amide bonds. The van der Waals surface area contributed by atoms with Gasteiger partial charge in [0.1, 0.15) is 5.82 Å². The molecule has 1 aromatic heterocycles. The summed E-state index contributed by atoms with van der Waals surface area (Å²) in [6.07, 6.45) is 3.56. The lowest BCUT2D eigenvalue weighted by molar-refractivity contribution is 0.138. The van der Waals surface area contributed by atoms with Gasteiger partial charge in [0.2, 0.25) is 0 Å². The van der Waals surface area contributed by atoms with Crippen LogP contribution in [0.3, 0.4) is 0 Å². The van der Waals surface area contributed by atoms with Crippen LogP contribution in [0.2, 0.25) is 0 Å². The largest absolute Gasteiger partial charge is 0.393 e. The van der Waals surface area contributed by atoms with E-state index in [0.717, 1.165) is 37.6 Å². The summed E-state index contributed by atoms with van der Waals surface area (Å²) in [5.74, 6) is 1.86. The first-order valence-electron chi connectivity index (χ1n) is 5.68. The molecule has 3 heterocycles. The van der Waals surface area contributed by atoms with E-state index in [9.17, 15) is 5.11 Å². The number of aliphatic hydroxyl groups excluding tert-OH is 1. The van der Waals surface area contributed by atoms with Crippen LogP contribution < -0.4 is 5.32 Å². The molecule has 5 heteroatoms. The summed E-state index contributed by atoms with van der Waals surface area (Å²) >= 11 is 0. The molecule has 5 nitrogen and oxygen atoms in total. The van der Waals surface area contributed by atoms with Crippen molar-refractivity contribution in [2.75, 3.05) is 6.54 Å². The number of hydrogen-bond acceptors (Lipinski definition) is 4. The van der Waals surface area contributed by atoms with Gasteiger partial charge in [-0.3, -0.25) is 0 Å². The van der Waals surface area contributed by atoms with Crippen LogP contribution in [0.25, 0.3) is 0 Å². The first-order chi connectivity index (χ1) is 7.33. The number of fused-ring (bicyclic) bond motifs is 1. The molecule has 0 aromatic carbocycles. The number of aromatic nitrogens is 3. The van der Waals surface area contributed by atoms with Crippen molar-refractivity contribution in [2.24, 2.45) is 0 Å². The average Bonchev–Trinajstić information content (AvgIpc) is 2.84. The molecule has 3 rings (SSSR count). The van der Waals surface area contributed by atoms with Gasteiger partial charge in [-0.25, -0.2) is 9.67 Å². The Kier molecular flexibility index (Phi) is 2.21. The number of rotatable bonds is 1. The third kappa shape index (κ3) is 1.66. The molecule has 2 N–H and O–H groups in total. The van der Waals surface area contributed by atoms with Crippen LogP contribution in [-0.4, -0.2) is 32.5 Å². The summed E-state index contributed by atoms with van der Waals surface area (Å²) in [5.41, 5.74) is 0. The van der Waals surface area contributed by atoms with E-state index >= 15 is 0 Å². The Morgan fingerprint density at radius 1 is 1.40 bits per heavy atom. The van der Waals surface area contributed by atoms with Crippen molar-refractivity contribution in [1.29, 1.82) is 0 Å².